The van der Waals surface area contributed by atoms with Gasteiger partial charge in [0.25, 0.3) is 0 Å². The van der Waals surface area contributed by atoms with Crippen LogP contribution in [-0.2, 0) is 27.4 Å². The molecule has 10 nitrogen and oxygen atoms in total. The Balaban J connectivity index is 1.99. The molecule has 3 atom stereocenters. The van der Waals surface area contributed by atoms with Gasteiger partial charge in [-0.15, -0.1) is 0 Å². The minimum absolute atomic E-state index is 0.0109. The van der Waals surface area contributed by atoms with E-state index in [0.29, 0.717) is 39.2 Å². The monoisotopic (exact) mass is 686 g/mol. The van der Waals surface area contributed by atoms with Crippen LogP contribution in [0.1, 0.15) is 24.5 Å². The molecule has 4 N–H and O–H groups in total. The van der Waals surface area contributed by atoms with E-state index in [1.165, 1.54) is 30.2 Å². The van der Waals surface area contributed by atoms with Gasteiger partial charge in [0.05, 0.1) is 29.9 Å². The summed E-state index contributed by atoms with van der Waals surface area (Å²) in [4.78, 5) is 27.8. The van der Waals surface area contributed by atoms with Gasteiger partial charge in [0.15, 0.2) is 11.5 Å². The zero-order valence-corrected chi connectivity index (χ0v) is 25.2. The highest BCUT2D eigenvalue weighted by Gasteiger charge is 2.40. The number of hydrogen-bond donors (Lipinski definition) is 4. The third kappa shape index (κ3) is 8.85. The number of methoxy groups -OCH3 is 1. The molecule has 0 radical (unpaired) electrons. The third-order valence-electron chi connectivity index (χ3n) is 6.62. The lowest BCUT2D eigenvalue weighted by molar-refractivity contribution is -0.143. The Morgan fingerprint density at radius 3 is 2.63 bits per heavy atom. The number of hydrogen-bond acceptors (Lipinski definition) is 8. The number of ether oxygens (including phenoxy) is 3. The van der Waals surface area contributed by atoms with Crippen molar-refractivity contribution in [2.45, 2.75) is 44.6 Å². The molecule has 2 aromatic carbocycles. The van der Waals surface area contributed by atoms with E-state index in [2.05, 4.69) is 5.32 Å². The molecule has 0 fully saturated rings. The van der Waals surface area contributed by atoms with Crippen molar-refractivity contribution in [2.24, 2.45) is 0 Å². The first-order valence-corrected chi connectivity index (χ1v) is 14.3. The van der Waals surface area contributed by atoms with E-state index in [-0.39, 0.29) is 44.9 Å². The normalized spacial score (nSPS) is 18.4. The molecule has 1 aliphatic carbocycles. The average Bonchev–Trinajstić information content (AvgIpc) is 2.97. The molecule has 0 aromatic heterocycles. The van der Waals surface area contributed by atoms with Crippen LogP contribution in [0.15, 0.2) is 48.0 Å². The molecule has 224 valence electrons. The maximum atomic E-state index is 13.8. The standard InChI is InChI=1S/C29H36FIN2O8/c1-3-40-17-26(36)33(9-7-18-5-4-6-21(30)11-18)23-14-20(29(38)32-8-10-34)15-24(27(23)37)41-28-22(31)12-19(16-35)13-25(28)39-2/h4-6,11-13,15,23-24,27,34-35,37H,3,7-10,14,16-17H2,1-2H3,(H,32,38)/t23-,24+,27+/m1/s1. The Bertz CT molecular complexity index is 1230. The van der Waals surface area contributed by atoms with Crippen molar-refractivity contribution < 1.29 is 43.5 Å². The predicted octanol–water partition coefficient (Wildman–Crippen LogP) is 1.95. The first-order valence-electron chi connectivity index (χ1n) is 13.3. The summed E-state index contributed by atoms with van der Waals surface area (Å²) in [5.41, 5.74) is 1.53. The number of benzene rings is 2. The van der Waals surface area contributed by atoms with Crippen LogP contribution in [0.5, 0.6) is 11.5 Å². The van der Waals surface area contributed by atoms with Crippen molar-refractivity contribution in [3.05, 3.63) is 68.6 Å². The summed E-state index contributed by atoms with van der Waals surface area (Å²) in [6, 6.07) is 8.47. The maximum absolute atomic E-state index is 13.8. The van der Waals surface area contributed by atoms with E-state index < -0.39 is 35.9 Å². The van der Waals surface area contributed by atoms with Gasteiger partial charge in [-0.25, -0.2) is 4.39 Å². The van der Waals surface area contributed by atoms with Crippen molar-refractivity contribution in [3.63, 3.8) is 0 Å². The van der Waals surface area contributed by atoms with E-state index in [0.717, 1.165) is 0 Å². The van der Waals surface area contributed by atoms with E-state index in [9.17, 15) is 29.3 Å². The SMILES string of the molecule is CCOCC(=O)N(CCc1cccc(F)c1)[C@@H]1CC(C(=O)NCCO)=C[C@H](Oc2c(I)cc(CO)cc2OC)[C@H]1O. The Morgan fingerprint density at radius 1 is 1.20 bits per heavy atom. The number of halogens is 2. The molecular weight excluding hydrogens is 650 g/mol. The van der Waals surface area contributed by atoms with Gasteiger partial charge in [0, 0.05) is 31.7 Å². The minimum Gasteiger partial charge on any atom is -0.493 e. The molecule has 0 heterocycles. The Labute approximate surface area is 252 Å². The van der Waals surface area contributed by atoms with Crippen molar-refractivity contribution in [1.82, 2.24) is 10.2 Å². The summed E-state index contributed by atoms with van der Waals surface area (Å²) in [6.07, 6.45) is -0.518. The number of rotatable bonds is 14. The van der Waals surface area contributed by atoms with E-state index in [1.54, 1.807) is 31.2 Å². The van der Waals surface area contributed by atoms with Crippen LogP contribution in [0.3, 0.4) is 0 Å². The van der Waals surface area contributed by atoms with Crippen LogP contribution in [0.2, 0.25) is 0 Å². The fourth-order valence-corrected chi connectivity index (χ4v) is 5.38. The van der Waals surface area contributed by atoms with Crippen LogP contribution in [0.4, 0.5) is 4.39 Å². The number of carbonyl (C=O) groups is 2. The number of carbonyl (C=O) groups excluding carboxylic acids is 2. The van der Waals surface area contributed by atoms with Crippen LogP contribution >= 0.6 is 22.6 Å². The lowest BCUT2D eigenvalue weighted by Crippen LogP contribution is -2.56. The second-order valence-corrected chi connectivity index (χ2v) is 10.5. The molecule has 0 spiro atoms. The van der Waals surface area contributed by atoms with Gasteiger partial charge in [-0.05, 0) is 77.4 Å². The van der Waals surface area contributed by atoms with Gasteiger partial charge >= 0.3 is 0 Å². The van der Waals surface area contributed by atoms with E-state index in [1.807, 2.05) is 22.6 Å². The Morgan fingerprint density at radius 2 is 1.98 bits per heavy atom. The molecule has 0 saturated heterocycles. The fourth-order valence-electron chi connectivity index (χ4n) is 4.58. The van der Waals surface area contributed by atoms with Crippen molar-refractivity contribution in [1.29, 1.82) is 0 Å². The highest BCUT2D eigenvalue weighted by Crippen LogP contribution is 2.37. The summed E-state index contributed by atoms with van der Waals surface area (Å²) in [7, 11) is 1.45. The fraction of sp³-hybridized carbons (Fsp3) is 0.448. The maximum Gasteiger partial charge on any atom is 0.248 e. The largest absolute Gasteiger partial charge is 0.493 e. The third-order valence-corrected chi connectivity index (χ3v) is 7.42. The molecule has 12 heteroatoms. The molecule has 2 amide bonds. The van der Waals surface area contributed by atoms with Gasteiger partial charge in [0.2, 0.25) is 11.8 Å². The quantitative estimate of drug-likeness (QED) is 0.222. The number of amides is 2. The van der Waals surface area contributed by atoms with Crippen molar-refractivity contribution >= 4 is 34.4 Å². The lowest BCUT2D eigenvalue weighted by Gasteiger charge is -2.40. The molecule has 0 bridgehead atoms. The van der Waals surface area contributed by atoms with Gasteiger partial charge < -0.3 is 39.7 Å². The highest BCUT2D eigenvalue weighted by atomic mass is 127. The molecular formula is C29H36FIN2O8. The molecule has 0 aliphatic heterocycles. The van der Waals surface area contributed by atoms with Crippen molar-refractivity contribution in [2.75, 3.05) is 40.0 Å². The number of aliphatic hydroxyl groups is 3. The van der Waals surface area contributed by atoms with Gasteiger partial charge in [-0.1, -0.05) is 12.1 Å². The number of nitrogens with one attached hydrogen (secondary N) is 1. The zero-order valence-electron chi connectivity index (χ0n) is 23.0. The summed E-state index contributed by atoms with van der Waals surface area (Å²) >= 11 is 2.03. The average molecular weight is 687 g/mol. The molecule has 2 aromatic rings. The molecule has 0 saturated carbocycles. The molecule has 0 unspecified atom stereocenters. The summed E-state index contributed by atoms with van der Waals surface area (Å²) in [6.45, 7) is 1.50. The van der Waals surface area contributed by atoms with Crippen molar-refractivity contribution in [3.8, 4) is 11.5 Å². The van der Waals surface area contributed by atoms with Gasteiger partial charge in [-0.3, -0.25) is 9.59 Å². The van der Waals surface area contributed by atoms with Gasteiger partial charge in [0.1, 0.15) is 24.6 Å². The summed E-state index contributed by atoms with van der Waals surface area (Å²) < 4.78 is 31.5. The summed E-state index contributed by atoms with van der Waals surface area (Å²) in [5.74, 6) is -0.646. The number of nitrogens with zero attached hydrogens (tertiary/aromatic N) is 1. The van der Waals surface area contributed by atoms with E-state index >= 15 is 0 Å². The Hall–Kier alpha value is -2.78. The van der Waals surface area contributed by atoms with Crippen LogP contribution in [-0.4, -0.2) is 90.3 Å². The van der Waals surface area contributed by atoms with Crippen LogP contribution < -0.4 is 14.8 Å². The number of aliphatic hydroxyl groups excluding tert-OH is 3. The molecule has 1 aliphatic rings. The minimum atomic E-state index is -1.26. The zero-order chi connectivity index (χ0) is 29.9. The Kier molecular flexibility index (Phi) is 12.8. The summed E-state index contributed by atoms with van der Waals surface area (Å²) in [5, 5.41) is 33.0. The topological polar surface area (TPSA) is 138 Å². The second kappa shape index (κ2) is 16.0. The lowest BCUT2D eigenvalue weighted by atomic mass is 9.88. The smallest absolute Gasteiger partial charge is 0.248 e. The highest BCUT2D eigenvalue weighted by molar-refractivity contribution is 14.1. The molecule has 41 heavy (non-hydrogen) atoms. The first kappa shape index (κ1) is 32.7. The van der Waals surface area contributed by atoms with E-state index in [4.69, 9.17) is 14.2 Å². The van der Waals surface area contributed by atoms with Crippen LogP contribution in [0.25, 0.3) is 0 Å². The predicted molar refractivity (Wildman–Crippen MR) is 157 cm³/mol. The second-order valence-electron chi connectivity index (χ2n) is 9.39. The van der Waals surface area contributed by atoms with Crippen LogP contribution in [0, 0.1) is 9.39 Å². The first-order chi connectivity index (χ1) is 19.7. The van der Waals surface area contributed by atoms with Gasteiger partial charge in [-0.2, -0.15) is 0 Å². The molecule has 3 rings (SSSR count).